The molecule has 6 nitrogen and oxygen atoms in total. The molecule has 2 aliphatic rings. The number of hydrogen-bond acceptors (Lipinski definition) is 5. The quantitative estimate of drug-likeness (QED) is 0.846. The van der Waals surface area contributed by atoms with Crippen LogP contribution in [0.5, 0.6) is 0 Å². The second-order valence-electron chi connectivity index (χ2n) is 6.22. The molecule has 24 heavy (non-hydrogen) atoms. The number of nitrogens with zero attached hydrogens (tertiary/aromatic N) is 4. The molecule has 3 heterocycles. The number of ether oxygens (including phenoxy) is 1. The van der Waals surface area contributed by atoms with Gasteiger partial charge >= 0.3 is 0 Å². The van der Waals surface area contributed by atoms with E-state index in [-0.39, 0.29) is 5.91 Å². The molecule has 0 radical (unpaired) electrons. The minimum Gasteiger partial charge on any atom is -0.378 e. The van der Waals surface area contributed by atoms with E-state index in [9.17, 15) is 4.79 Å². The summed E-state index contributed by atoms with van der Waals surface area (Å²) in [6.07, 6.45) is 4.28. The van der Waals surface area contributed by atoms with Crippen molar-refractivity contribution in [2.75, 3.05) is 31.2 Å². The first-order valence-corrected chi connectivity index (χ1v) is 8.30. The number of hydrogen-bond donors (Lipinski definition) is 0. The third-order valence-electron chi connectivity index (χ3n) is 4.61. The molecule has 0 aliphatic carbocycles. The molecule has 124 valence electrons. The van der Waals surface area contributed by atoms with E-state index in [2.05, 4.69) is 40.0 Å². The van der Waals surface area contributed by atoms with Crippen LogP contribution in [0.1, 0.15) is 23.0 Å². The Morgan fingerprint density at radius 3 is 2.71 bits per heavy atom. The number of fused-ring (bicyclic) bond motifs is 1. The van der Waals surface area contributed by atoms with Gasteiger partial charge in [0, 0.05) is 24.8 Å². The number of aromatic nitrogens is 2. The summed E-state index contributed by atoms with van der Waals surface area (Å²) >= 11 is 0. The van der Waals surface area contributed by atoms with Gasteiger partial charge in [0.1, 0.15) is 5.69 Å². The van der Waals surface area contributed by atoms with Gasteiger partial charge in [0.25, 0.3) is 5.91 Å². The van der Waals surface area contributed by atoms with Gasteiger partial charge in [-0.05, 0) is 25.0 Å². The molecule has 0 spiro atoms. The lowest BCUT2D eigenvalue weighted by Crippen LogP contribution is -2.41. The number of carbonyl (C=O) groups excluding carboxylic acids is 1. The fourth-order valence-corrected chi connectivity index (χ4v) is 3.40. The number of rotatable bonds is 2. The summed E-state index contributed by atoms with van der Waals surface area (Å²) in [4.78, 5) is 25.3. The highest BCUT2D eigenvalue weighted by Gasteiger charge is 2.28. The van der Waals surface area contributed by atoms with Crippen LogP contribution in [0.25, 0.3) is 0 Å². The largest absolute Gasteiger partial charge is 0.378 e. The molecule has 4 rings (SSSR count). The smallest absolute Gasteiger partial charge is 0.274 e. The van der Waals surface area contributed by atoms with Gasteiger partial charge in [-0.25, -0.2) is 9.97 Å². The van der Waals surface area contributed by atoms with Gasteiger partial charge in [-0.1, -0.05) is 18.2 Å². The van der Waals surface area contributed by atoms with E-state index in [0.717, 1.165) is 12.2 Å². The van der Waals surface area contributed by atoms with E-state index in [1.54, 1.807) is 17.3 Å². The monoisotopic (exact) mass is 324 g/mol. The van der Waals surface area contributed by atoms with Crippen LogP contribution in [0.4, 0.5) is 11.5 Å². The fourth-order valence-electron chi connectivity index (χ4n) is 3.40. The second-order valence-corrected chi connectivity index (χ2v) is 6.22. The van der Waals surface area contributed by atoms with Gasteiger partial charge in [0.15, 0.2) is 5.82 Å². The van der Waals surface area contributed by atoms with Crippen LogP contribution in [-0.2, 0) is 11.2 Å². The van der Waals surface area contributed by atoms with Crippen molar-refractivity contribution in [2.24, 2.45) is 0 Å². The molecule has 1 aromatic heterocycles. The van der Waals surface area contributed by atoms with Crippen molar-refractivity contribution in [3.63, 3.8) is 0 Å². The van der Waals surface area contributed by atoms with E-state index in [0.29, 0.717) is 38.0 Å². The lowest BCUT2D eigenvalue weighted by Gasteiger charge is -2.27. The Morgan fingerprint density at radius 1 is 1.17 bits per heavy atom. The van der Waals surface area contributed by atoms with Crippen LogP contribution in [0.3, 0.4) is 0 Å². The van der Waals surface area contributed by atoms with Crippen LogP contribution >= 0.6 is 0 Å². The van der Waals surface area contributed by atoms with Crippen molar-refractivity contribution in [3.8, 4) is 0 Å². The van der Waals surface area contributed by atoms with Crippen LogP contribution in [0.2, 0.25) is 0 Å². The van der Waals surface area contributed by atoms with Crippen LogP contribution in [-0.4, -0.2) is 53.1 Å². The Kier molecular flexibility index (Phi) is 3.90. The van der Waals surface area contributed by atoms with E-state index >= 15 is 0 Å². The minimum absolute atomic E-state index is 0.0766. The fraction of sp³-hybridized carbons (Fsp3) is 0.389. The predicted octanol–water partition coefficient (Wildman–Crippen LogP) is 2.03. The number of para-hydroxylation sites is 1. The predicted molar refractivity (Wildman–Crippen MR) is 90.5 cm³/mol. The number of anilines is 2. The first kappa shape index (κ1) is 15.1. The van der Waals surface area contributed by atoms with E-state index in [1.807, 2.05) is 6.07 Å². The maximum absolute atomic E-state index is 12.4. The van der Waals surface area contributed by atoms with Gasteiger partial charge < -0.3 is 14.5 Å². The molecular formula is C18H20N4O2. The Bertz CT molecular complexity index is 741. The first-order valence-electron chi connectivity index (χ1n) is 8.30. The standard InChI is InChI=1S/C18H20N4O2/c1-13-10-14-4-2-3-5-16(14)22(13)17-12-19-15(11-20-17)18(23)21-6-8-24-9-7-21/h2-5,11-13H,6-10H2,1H3. The van der Waals surface area contributed by atoms with Crippen LogP contribution < -0.4 is 4.90 Å². The zero-order valence-corrected chi connectivity index (χ0v) is 13.7. The molecule has 0 saturated carbocycles. The SMILES string of the molecule is CC1Cc2ccccc2N1c1cnc(C(=O)N2CCOCC2)cn1. The number of carbonyl (C=O) groups is 1. The van der Waals surface area contributed by atoms with Crippen molar-refractivity contribution < 1.29 is 9.53 Å². The second kappa shape index (κ2) is 6.20. The van der Waals surface area contributed by atoms with Crippen molar-refractivity contribution >= 4 is 17.4 Å². The molecule has 1 aromatic carbocycles. The molecular weight excluding hydrogens is 304 g/mol. The van der Waals surface area contributed by atoms with Crippen molar-refractivity contribution in [2.45, 2.75) is 19.4 Å². The molecule has 2 aromatic rings. The van der Waals surface area contributed by atoms with E-state index in [1.165, 1.54) is 11.3 Å². The molecule has 1 amide bonds. The first-order chi connectivity index (χ1) is 11.7. The highest BCUT2D eigenvalue weighted by molar-refractivity contribution is 5.92. The lowest BCUT2D eigenvalue weighted by atomic mass is 10.1. The topological polar surface area (TPSA) is 58.6 Å². The molecule has 1 fully saturated rings. The van der Waals surface area contributed by atoms with E-state index < -0.39 is 0 Å². The van der Waals surface area contributed by atoms with Crippen LogP contribution in [0.15, 0.2) is 36.7 Å². The summed E-state index contributed by atoms with van der Waals surface area (Å²) in [7, 11) is 0. The van der Waals surface area contributed by atoms with Gasteiger partial charge in [0.2, 0.25) is 0 Å². The lowest BCUT2D eigenvalue weighted by molar-refractivity contribution is 0.0298. The average molecular weight is 324 g/mol. The normalized spacial score (nSPS) is 20.1. The number of morpholine rings is 1. The summed E-state index contributed by atoms with van der Waals surface area (Å²) in [5, 5.41) is 0. The maximum Gasteiger partial charge on any atom is 0.274 e. The zero-order chi connectivity index (χ0) is 16.5. The highest BCUT2D eigenvalue weighted by Crippen LogP contribution is 2.36. The molecule has 2 aliphatic heterocycles. The summed E-state index contributed by atoms with van der Waals surface area (Å²) in [5.41, 5.74) is 2.88. The average Bonchev–Trinajstić information content (AvgIpc) is 2.98. The molecule has 1 saturated heterocycles. The van der Waals surface area contributed by atoms with Gasteiger partial charge in [-0.2, -0.15) is 0 Å². The van der Waals surface area contributed by atoms with Crippen molar-refractivity contribution in [1.29, 1.82) is 0 Å². The Labute approximate surface area is 141 Å². The number of benzene rings is 1. The van der Waals surface area contributed by atoms with Crippen molar-refractivity contribution in [1.82, 2.24) is 14.9 Å². The Hall–Kier alpha value is -2.47. The Morgan fingerprint density at radius 2 is 1.96 bits per heavy atom. The summed E-state index contributed by atoms with van der Waals surface area (Å²) in [6, 6.07) is 8.68. The third-order valence-corrected chi connectivity index (χ3v) is 4.61. The minimum atomic E-state index is -0.0766. The van der Waals surface area contributed by atoms with Gasteiger partial charge in [-0.3, -0.25) is 4.79 Å². The van der Waals surface area contributed by atoms with Gasteiger partial charge in [-0.15, -0.1) is 0 Å². The maximum atomic E-state index is 12.4. The molecule has 0 N–H and O–H groups in total. The molecule has 1 unspecified atom stereocenters. The third kappa shape index (κ3) is 2.63. The number of amides is 1. The summed E-state index contributed by atoms with van der Waals surface area (Å²) in [6.45, 7) is 4.56. The summed E-state index contributed by atoms with van der Waals surface area (Å²) < 4.78 is 5.28. The van der Waals surface area contributed by atoms with Gasteiger partial charge in [0.05, 0.1) is 25.6 Å². The molecule has 6 heteroatoms. The molecule has 1 atom stereocenters. The summed E-state index contributed by atoms with van der Waals surface area (Å²) in [5.74, 6) is 0.707. The van der Waals surface area contributed by atoms with Crippen molar-refractivity contribution in [3.05, 3.63) is 47.9 Å². The highest BCUT2D eigenvalue weighted by atomic mass is 16.5. The zero-order valence-electron chi connectivity index (χ0n) is 13.7. The molecule has 0 bridgehead atoms. The van der Waals surface area contributed by atoms with Crippen LogP contribution in [0, 0.1) is 0 Å². The Balaban J connectivity index is 1.57. The van der Waals surface area contributed by atoms with E-state index in [4.69, 9.17) is 4.74 Å².